The summed E-state index contributed by atoms with van der Waals surface area (Å²) in [5.41, 5.74) is 0.217. The van der Waals surface area contributed by atoms with Crippen LogP contribution in [0.3, 0.4) is 0 Å². The summed E-state index contributed by atoms with van der Waals surface area (Å²) in [6, 6.07) is 6.82. The number of fused-ring (bicyclic) bond motifs is 1. The van der Waals surface area contributed by atoms with Crippen LogP contribution in [-0.4, -0.2) is 49.0 Å². The van der Waals surface area contributed by atoms with E-state index in [0.29, 0.717) is 17.0 Å². The number of thiocarbonyl (C=S) groups is 1. The minimum absolute atomic E-state index is 0.0880. The molecule has 1 aromatic rings. The number of nitro groups is 1. The second kappa shape index (κ2) is 9.10. The molecule has 0 spiro atoms. The number of benzene rings is 1. The number of β-lactam (4-membered cyclic amide) rings is 1. The Balaban J connectivity index is 1.63. The lowest BCUT2D eigenvalue weighted by molar-refractivity contribution is -0.384. The first-order chi connectivity index (χ1) is 14.3. The molecule has 0 aliphatic carbocycles. The summed E-state index contributed by atoms with van der Waals surface area (Å²) in [7, 11) is 0. The number of carbonyl (C=O) groups is 2. The molecule has 2 N–H and O–H groups in total. The molecule has 0 bridgehead atoms. The second-order valence-corrected chi connectivity index (χ2v) is 8.01. The lowest BCUT2D eigenvalue weighted by Gasteiger charge is -2.49. The van der Waals surface area contributed by atoms with Gasteiger partial charge in [0.05, 0.1) is 21.7 Å². The minimum atomic E-state index is -0.866. The maximum atomic E-state index is 12.5. The van der Waals surface area contributed by atoms with Crippen LogP contribution in [0.1, 0.15) is 18.4 Å². The number of carbonyl (C=O) groups excluding carboxylic acids is 2. The Hall–Kier alpha value is -3.17. The summed E-state index contributed by atoms with van der Waals surface area (Å²) < 4.78 is 5.20. The maximum absolute atomic E-state index is 12.5. The van der Waals surface area contributed by atoms with Gasteiger partial charge in [0.15, 0.2) is 5.70 Å². The van der Waals surface area contributed by atoms with E-state index in [9.17, 15) is 24.8 Å². The highest BCUT2D eigenvalue weighted by Crippen LogP contribution is 2.40. The predicted molar refractivity (Wildman–Crippen MR) is 110 cm³/mol. The third-order valence-electron chi connectivity index (χ3n) is 4.44. The van der Waals surface area contributed by atoms with Crippen LogP contribution < -0.4 is 5.32 Å². The molecule has 156 valence electrons. The van der Waals surface area contributed by atoms with E-state index >= 15 is 0 Å². The van der Waals surface area contributed by atoms with Crippen molar-refractivity contribution in [2.75, 3.05) is 5.75 Å². The number of nitro benzene ring substituents is 1. The standard InChI is InChI=1S/C18H16N4O6S2/c19-7-1-2-13(29)20-14-16(24)21-15(12(23)9-30-17(14)21)18(25)28-8-10-3-5-11(6-4-10)22(26)27/h3-6,14,17,23H,1-2,8-9H2,(H,20,29)/t14?,17-/m1/s1. The number of esters is 1. The number of hydrogen-bond donors (Lipinski definition) is 2. The zero-order valence-corrected chi connectivity index (χ0v) is 17.1. The largest absolute Gasteiger partial charge is 0.509 e. The molecule has 10 nitrogen and oxygen atoms in total. The first-order valence-corrected chi connectivity index (χ1v) is 10.2. The van der Waals surface area contributed by atoms with Gasteiger partial charge >= 0.3 is 5.97 Å². The molecule has 1 fully saturated rings. The fraction of sp³-hybridized carbons (Fsp3) is 0.333. The predicted octanol–water partition coefficient (Wildman–Crippen LogP) is 1.91. The third-order valence-corrected chi connectivity index (χ3v) is 6.03. The van der Waals surface area contributed by atoms with Crippen molar-refractivity contribution in [3.8, 4) is 6.07 Å². The molecular weight excluding hydrogens is 432 g/mol. The number of thioether (sulfide) groups is 1. The highest BCUT2D eigenvalue weighted by atomic mass is 32.2. The lowest BCUT2D eigenvalue weighted by Crippen LogP contribution is -2.70. The molecule has 1 aromatic carbocycles. The smallest absolute Gasteiger partial charge is 0.358 e. The van der Waals surface area contributed by atoms with Gasteiger partial charge in [0.1, 0.15) is 23.8 Å². The summed E-state index contributed by atoms with van der Waals surface area (Å²) >= 11 is 6.41. The average Bonchev–Trinajstić information content (AvgIpc) is 2.74. The Morgan fingerprint density at radius 3 is 2.80 bits per heavy atom. The van der Waals surface area contributed by atoms with E-state index < -0.39 is 28.2 Å². The molecule has 2 heterocycles. The molecule has 1 unspecified atom stereocenters. The van der Waals surface area contributed by atoms with E-state index in [4.69, 9.17) is 22.2 Å². The lowest BCUT2D eigenvalue weighted by atomic mass is 10.0. The fourth-order valence-corrected chi connectivity index (χ4v) is 4.37. The molecule has 0 saturated carbocycles. The van der Waals surface area contributed by atoms with E-state index in [0.717, 1.165) is 0 Å². The van der Waals surface area contributed by atoms with Crippen LogP contribution >= 0.6 is 24.0 Å². The summed E-state index contributed by atoms with van der Waals surface area (Å²) in [5.74, 6) is -1.43. The quantitative estimate of drug-likeness (QED) is 0.208. The Morgan fingerprint density at radius 1 is 1.47 bits per heavy atom. The summed E-state index contributed by atoms with van der Waals surface area (Å²) in [4.78, 5) is 36.8. The Kier molecular flexibility index (Phi) is 6.53. The van der Waals surface area contributed by atoms with E-state index in [2.05, 4.69) is 5.32 Å². The highest BCUT2D eigenvalue weighted by molar-refractivity contribution is 8.00. The Bertz CT molecular complexity index is 972. The van der Waals surface area contributed by atoms with Gasteiger partial charge in [-0.05, 0) is 17.7 Å². The normalized spacial score (nSPS) is 20.0. The Labute approximate surface area is 180 Å². The van der Waals surface area contributed by atoms with Crippen molar-refractivity contribution in [1.29, 1.82) is 5.26 Å². The van der Waals surface area contributed by atoms with Crippen LogP contribution in [0.25, 0.3) is 0 Å². The van der Waals surface area contributed by atoms with Crippen LogP contribution in [0.4, 0.5) is 5.69 Å². The van der Waals surface area contributed by atoms with Crippen molar-refractivity contribution in [3.63, 3.8) is 0 Å². The molecule has 1 amide bonds. The van der Waals surface area contributed by atoms with E-state index in [1.54, 1.807) is 0 Å². The van der Waals surface area contributed by atoms with Crippen LogP contribution in [0.2, 0.25) is 0 Å². The number of rotatable bonds is 7. The Morgan fingerprint density at radius 2 is 2.17 bits per heavy atom. The highest BCUT2D eigenvalue weighted by Gasteiger charge is 2.54. The van der Waals surface area contributed by atoms with E-state index in [1.807, 2.05) is 6.07 Å². The summed E-state index contributed by atoms with van der Waals surface area (Å²) in [5, 5.41) is 31.9. The number of nitrogens with zero attached hydrogens (tertiary/aromatic N) is 3. The topological polar surface area (TPSA) is 146 Å². The molecule has 2 aliphatic rings. The second-order valence-electron chi connectivity index (χ2n) is 6.41. The van der Waals surface area contributed by atoms with Crippen molar-refractivity contribution in [1.82, 2.24) is 10.2 Å². The maximum Gasteiger partial charge on any atom is 0.358 e. The molecule has 2 atom stereocenters. The van der Waals surface area contributed by atoms with Crippen molar-refractivity contribution < 1.29 is 24.4 Å². The van der Waals surface area contributed by atoms with Gasteiger partial charge in [-0.3, -0.25) is 19.8 Å². The van der Waals surface area contributed by atoms with E-state index in [-0.39, 0.29) is 35.9 Å². The molecule has 30 heavy (non-hydrogen) atoms. The minimum Gasteiger partial charge on any atom is -0.509 e. The van der Waals surface area contributed by atoms with Crippen molar-refractivity contribution >= 4 is 46.5 Å². The van der Waals surface area contributed by atoms with Gasteiger partial charge in [-0.1, -0.05) is 12.2 Å². The van der Waals surface area contributed by atoms with Gasteiger partial charge in [0.2, 0.25) is 0 Å². The van der Waals surface area contributed by atoms with Crippen LogP contribution in [0.15, 0.2) is 35.7 Å². The third kappa shape index (κ3) is 4.37. The van der Waals surface area contributed by atoms with Gasteiger partial charge in [-0.2, -0.15) is 5.26 Å². The van der Waals surface area contributed by atoms with Gasteiger partial charge in [-0.25, -0.2) is 4.79 Å². The molecule has 0 aromatic heterocycles. The number of amides is 1. The molecule has 12 heteroatoms. The fourth-order valence-electron chi connectivity index (χ4n) is 2.94. The summed E-state index contributed by atoms with van der Waals surface area (Å²) in [6.07, 6.45) is 0.563. The van der Waals surface area contributed by atoms with E-state index in [1.165, 1.54) is 40.9 Å². The van der Waals surface area contributed by atoms with Crippen LogP contribution in [0, 0.1) is 21.4 Å². The number of aliphatic hydroxyl groups is 1. The molecule has 3 rings (SSSR count). The van der Waals surface area contributed by atoms with Crippen molar-refractivity contribution in [2.45, 2.75) is 30.9 Å². The number of nitrogens with one attached hydrogen (secondary N) is 1. The van der Waals surface area contributed by atoms with Crippen LogP contribution in [0.5, 0.6) is 0 Å². The van der Waals surface area contributed by atoms with Crippen molar-refractivity contribution in [3.05, 3.63) is 51.4 Å². The SMILES string of the molecule is N#CCCC(=S)NC1C(=O)N2C(C(=O)OCc3ccc([N+](=O)[O-])cc3)=C(O)CS[C@H]12. The zero-order valence-electron chi connectivity index (χ0n) is 15.4. The molecule has 0 radical (unpaired) electrons. The number of hydrogen-bond acceptors (Lipinski definition) is 9. The average molecular weight is 448 g/mol. The number of ether oxygens (including phenoxy) is 1. The van der Waals surface area contributed by atoms with Gasteiger partial charge < -0.3 is 15.2 Å². The summed E-state index contributed by atoms with van der Waals surface area (Å²) in [6.45, 7) is -0.173. The number of nitriles is 1. The molecular formula is C18H16N4O6S2. The molecule has 2 aliphatic heterocycles. The van der Waals surface area contributed by atoms with Crippen LogP contribution in [-0.2, 0) is 20.9 Å². The first kappa shape index (κ1) is 21.5. The molecule has 1 saturated heterocycles. The van der Waals surface area contributed by atoms with Gasteiger partial charge in [0.25, 0.3) is 11.6 Å². The first-order valence-electron chi connectivity index (χ1n) is 8.77. The zero-order chi connectivity index (χ0) is 21.8. The number of aliphatic hydroxyl groups excluding tert-OH is 1. The van der Waals surface area contributed by atoms with Gasteiger partial charge in [0, 0.05) is 25.0 Å². The van der Waals surface area contributed by atoms with Crippen molar-refractivity contribution in [2.24, 2.45) is 0 Å². The number of non-ortho nitro benzene ring substituents is 1. The van der Waals surface area contributed by atoms with Gasteiger partial charge in [-0.15, -0.1) is 11.8 Å². The monoisotopic (exact) mass is 448 g/mol.